The van der Waals surface area contributed by atoms with E-state index in [-0.39, 0.29) is 5.91 Å². The van der Waals surface area contributed by atoms with Crippen molar-refractivity contribution < 1.29 is 4.79 Å². The van der Waals surface area contributed by atoms with Crippen molar-refractivity contribution in [1.82, 2.24) is 4.90 Å². The van der Waals surface area contributed by atoms with Gasteiger partial charge >= 0.3 is 0 Å². The Morgan fingerprint density at radius 2 is 2.06 bits per heavy atom. The molecule has 1 fully saturated rings. The van der Waals surface area contributed by atoms with Crippen LogP contribution in [-0.4, -0.2) is 21.7 Å². The second kappa shape index (κ2) is 5.99. The molecule has 1 aromatic carbocycles. The zero-order valence-electron chi connectivity index (χ0n) is 9.85. The molecule has 1 aliphatic heterocycles. The first-order valence-electron chi connectivity index (χ1n) is 5.62. The molecule has 0 bridgehead atoms. The Balaban J connectivity index is 2.22. The summed E-state index contributed by atoms with van der Waals surface area (Å²) in [7, 11) is 0. The van der Waals surface area contributed by atoms with Crippen LogP contribution < -0.4 is 0 Å². The van der Waals surface area contributed by atoms with Crippen molar-refractivity contribution >= 4 is 56.2 Å². The zero-order valence-corrected chi connectivity index (χ0v) is 13.1. The molecule has 2 nitrogen and oxygen atoms in total. The highest BCUT2D eigenvalue weighted by atomic mass is 79.9. The topological polar surface area (TPSA) is 20.3 Å². The molecule has 0 aromatic heterocycles. The smallest absolute Gasteiger partial charge is 0.266 e. The van der Waals surface area contributed by atoms with Gasteiger partial charge in [-0.25, -0.2) is 0 Å². The van der Waals surface area contributed by atoms with Gasteiger partial charge in [0.15, 0.2) is 0 Å². The highest BCUT2D eigenvalue weighted by molar-refractivity contribution is 9.10. The molecule has 2 rings (SSSR count). The number of carbonyl (C=O) groups is 1. The van der Waals surface area contributed by atoms with Gasteiger partial charge in [0.05, 0.1) is 4.91 Å². The molecule has 1 amide bonds. The number of benzene rings is 1. The standard InChI is InChI=1S/C13H12BrNOS2/c1-2-7-15-12(16)11(18-13(15)17)8-9-3-5-10(14)6-4-9/h3-6,8H,2,7H2,1H3/b11-8-. The summed E-state index contributed by atoms with van der Waals surface area (Å²) in [6.07, 6.45) is 2.80. The summed E-state index contributed by atoms with van der Waals surface area (Å²) >= 11 is 9.98. The van der Waals surface area contributed by atoms with Crippen molar-refractivity contribution in [3.8, 4) is 0 Å². The maximum absolute atomic E-state index is 12.1. The van der Waals surface area contributed by atoms with Crippen molar-refractivity contribution in [3.63, 3.8) is 0 Å². The number of carbonyl (C=O) groups excluding carboxylic acids is 1. The predicted octanol–water partition coefficient (Wildman–Crippen LogP) is 4.06. The normalized spacial score (nSPS) is 17.9. The quantitative estimate of drug-likeness (QED) is 0.610. The molecule has 1 saturated heterocycles. The molecule has 0 unspecified atom stereocenters. The van der Waals surface area contributed by atoms with Crippen LogP contribution in [0.2, 0.25) is 0 Å². The van der Waals surface area contributed by atoms with Crippen LogP contribution in [0.1, 0.15) is 18.9 Å². The second-order valence-electron chi connectivity index (χ2n) is 3.88. The van der Waals surface area contributed by atoms with Gasteiger partial charge in [-0.15, -0.1) is 0 Å². The van der Waals surface area contributed by atoms with E-state index in [2.05, 4.69) is 15.9 Å². The Labute approximate surface area is 125 Å². The largest absolute Gasteiger partial charge is 0.293 e. The summed E-state index contributed by atoms with van der Waals surface area (Å²) in [5.41, 5.74) is 1.01. The third-order valence-corrected chi connectivity index (χ3v) is 4.40. The molecule has 18 heavy (non-hydrogen) atoms. The predicted molar refractivity (Wildman–Crippen MR) is 84.3 cm³/mol. The van der Waals surface area contributed by atoms with Crippen molar-refractivity contribution in [1.29, 1.82) is 0 Å². The lowest BCUT2D eigenvalue weighted by atomic mass is 10.2. The number of thiocarbonyl (C=S) groups is 1. The van der Waals surface area contributed by atoms with E-state index in [1.165, 1.54) is 11.8 Å². The van der Waals surface area contributed by atoms with Gasteiger partial charge in [0.2, 0.25) is 0 Å². The van der Waals surface area contributed by atoms with E-state index in [0.717, 1.165) is 16.5 Å². The van der Waals surface area contributed by atoms with E-state index in [1.807, 2.05) is 37.3 Å². The minimum absolute atomic E-state index is 0.0229. The summed E-state index contributed by atoms with van der Waals surface area (Å²) in [5, 5.41) is 0. The maximum Gasteiger partial charge on any atom is 0.266 e. The molecule has 0 radical (unpaired) electrons. The molecule has 1 aliphatic rings. The molecule has 5 heteroatoms. The Morgan fingerprint density at radius 3 is 2.67 bits per heavy atom. The van der Waals surface area contributed by atoms with Gasteiger partial charge in [0, 0.05) is 11.0 Å². The van der Waals surface area contributed by atoms with Crippen LogP contribution in [-0.2, 0) is 4.79 Å². The van der Waals surface area contributed by atoms with Crippen LogP contribution in [0.25, 0.3) is 6.08 Å². The molecule has 1 heterocycles. The Morgan fingerprint density at radius 1 is 1.39 bits per heavy atom. The van der Waals surface area contributed by atoms with Crippen LogP contribution in [0.15, 0.2) is 33.6 Å². The van der Waals surface area contributed by atoms with Crippen LogP contribution in [0.3, 0.4) is 0 Å². The second-order valence-corrected chi connectivity index (χ2v) is 6.48. The first-order chi connectivity index (χ1) is 8.61. The van der Waals surface area contributed by atoms with Gasteiger partial charge in [0.25, 0.3) is 5.91 Å². The number of nitrogens with zero attached hydrogens (tertiary/aromatic N) is 1. The zero-order chi connectivity index (χ0) is 13.1. The van der Waals surface area contributed by atoms with Crippen LogP contribution >= 0.6 is 39.9 Å². The number of amides is 1. The van der Waals surface area contributed by atoms with Gasteiger partial charge in [0.1, 0.15) is 4.32 Å². The van der Waals surface area contributed by atoms with E-state index >= 15 is 0 Å². The average molecular weight is 342 g/mol. The van der Waals surface area contributed by atoms with Gasteiger partial charge in [-0.2, -0.15) is 0 Å². The van der Waals surface area contributed by atoms with E-state index in [0.29, 0.717) is 15.8 Å². The number of rotatable bonds is 3. The Kier molecular flexibility index (Phi) is 4.59. The minimum Gasteiger partial charge on any atom is -0.293 e. The molecule has 1 aromatic rings. The first-order valence-corrected chi connectivity index (χ1v) is 7.64. The van der Waals surface area contributed by atoms with Crippen molar-refractivity contribution in [2.24, 2.45) is 0 Å². The van der Waals surface area contributed by atoms with Gasteiger partial charge < -0.3 is 0 Å². The highest BCUT2D eigenvalue weighted by Crippen LogP contribution is 2.32. The van der Waals surface area contributed by atoms with Gasteiger partial charge in [-0.05, 0) is 30.2 Å². The fourth-order valence-corrected chi connectivity index (χ4v) is 3.20. The molecule has 0 spiro atoms. The molecule has 0 N–H and O–H groups in total. The number of thioether (sulfide) groups is 1. The average Bonchev–Trinajstić information content (AvgIpc) is 2.60. The summed E-state index contributed by atoms with van der Waals surface area (Å²) in [6, 6.07) is 7.85. The molecular formula is C13H12BrNOS2. The van der Waals surface area contributed by atoms with Gasteiger partial charge in [-0.3, -0.25) is 9.69 Å². The molecule has 0 atom stereocenters. The monoisotopic (exact) mass is 341 g/mol. The Bertz CT molecular complexity index is 510. The van der Waals surface area contributed by atoms with E-state index < -0.39 is 0 Å². The van der Waals surface area contributed by atoms with E-state index in [9.17, 15) is 4.79 Å². The van der Waals surface area contributed by atoms with E-state index in [4.69, 9.17) is 12.2 Å². The summed E-state index contributed by atoms with van der Waals surface area (Å²) in [6.45, 7) is 2.74. The highest BCUT2D eigenvalue weighted by Gasteiger charge is 2.30. The van der Waals surface area contributed by atoms with Crippen molar-refractivity contribution in [2.75, 3.05) is 6.54 Å². The lowest BCUT2D eigenvalue weighted by molar-refractivity contribution is -0.122. The van der Waals surface area contributed by atoms with Crippen molar-refractivity contribution in [3.05, 3.63) is 39.2 Å². The number of hydrogen-bond donors (Lipinski definition) is 0. The third-order valence-electron chi connectivity index (χ3n) is 2.49. The van der Waals surface area contributed by atoms with Gasteiger partial charge in [-0.1, -0.05) is 59.0 Å². The third kappa shape index (κ3) is 3.02. The fraction of sp³-hybridized carbons (Fsp3) is 0.231. The fourth-order valence-electron chi connectivity index (χ4n) is 1.63. The first kappa shape index (κ1) is 13.8. The summed E-state index contributed by atoms with van der Waals surface area (Å²) < 4.78 is 1.68. The molecular weight excluding hydrogens is 330 g/mol. The maximum atomic E-state index is 12.1. The summed E-state index contributed by atoms with van der Waals surface area (Å²) in [5.74, 6) is 0.0229. The van der Waals surface area contributed by atoms with Crippen molar-refractivity contribution in [2.45, 2.75) is 13.3 Å². The minimum atomic E-state index is 0.0229. The number of hydrogen-bond acceptors (Lipinski definition) is 3. The lowest BCUT2D eigenvalue weighted by Gasteiger charge is -2.11. The van der Waals surface area contributed by atoms with E-state index in [1.54, 1.807) is 4.90 Å². The molecule has 94 valence electrons. The van der Waals surface area contributed by atoms with Crippen LogP contribution in [0.5, 0.6) is 0 Å². The lowest BCUT2D eigenvalue weighted by Crippen LogP contribution is -2.28. The Hall–Kier alpha value is -0.650. The summed E-state index contributed by atoms with van der Waals surface area (Å²) in [4.78, 5) is 14.5. The molecule has 0 aliphatic carbocycles. The SMILES string of the molecule is CCCN1C(=O)/C(=C/c2ccc(Br)cc2)SC1=S. The van der Waals surface area contributed by atoms with Crippen LogP contribution in [0, 0.1) is 0 Å². The molecule has 0 saturated carbocycles. The number of halogens is 1. The van der Waals surface area contributed by atoms with Crippen LogP contribution in [0.4, 0.5) is 0 Å².